The summed E-state index contributed by atoms with van der Waals surface area (Å²) in [6, 6.07) is 10.9. The fraction of sp³-hybridized carbons (Fsp3) is 0.545. The molecule has 0 aromatic heterocycles. The topological polar surface area (TPSA) is 0 Å². The molecule has 1 rings (SSSR count). The van der Waals surface area contributed by atoms with E-state index in [9.17, 15) is 0 Å². The van der Waals surface area contributed by atoms with Crippen LogP contribution >= 0.6 is 0 Å². The van der Waals surface area contributed by atoms with Crippen molar-refractivity contribution in [3.8, 4) is 0 Å². The summed E-state index contributed by atoms with van der Waals surface area (Å²) in [5.41, 5.74) is 3.23. The molecule has 0 N–H and O–H groups in total. The molecule has 0 fully saturated rings. The Morgan fingerprint density at radius 3 is 2.18 bits per heavy atom. The monoisotopic (exact) mass is 298 g/mol. The van der Waals surface area contributed by atoms with E-state index in [0.29, 0.717) is 17.8 Å². The number of hydrogen-bond acceptors (Lipinski definition) is 0. The second-order valence-electron chi connectivity index (χ2n) is 7.61. The van der Waals surface area contributed by atoms with Crippen LogP contribution in [0.1, 0.15) is 66.4 Å². The third-order valence-electron chi connectivity index (χ3n) is 5.16. The van der Waals surface area contributed by atoms with E-state index in [0.717, 1.165) is 0 Å². The molecule has 0 nitrogen and oxygen atoms in total. The molecule has 0 saturated carbocycles. The highest BCUT2D eigenvalue weighted by Gasteiger charge is 2.31. The van der Waals surface area contributed by atoms with Crippen LogP contribution in [0.3, 0.4) is 0 Å². The summed E-state index contributed by atoms with van der Waals surface area (Å²) in [7, 11) is 0. The quantitative estimate of drug-likeness (QED) is 0.475. The van der Waals surface area contributed by atoms with Crippen LogP contribution in [0.2, 0.25) is 0 Å². The lowest BCUT2D eigenvalue weighted by atomic mass is 9.67. The van der Waals surface area contributed by atoms with Crippen molar-refractivity contribution in [2.75, 3.05) is 0 Å². The van der Waals surface area contributed by atoms with Gasteiger partial charge in [0.1, 0.15) is 0 Å². The summed E-state index contributed by atoms with van der Waals surface area (Å²) in [6.07, 6.45) is 7.78. The van der Waals surface area contributed by atoms with Crippen molar-refractivity contribution in [2.45, 2.75) is 60.8 Å². The first-order chi connectivity index (χ1) is 10.3. The van der Waals surface area contributed by atoms with E-state index >= 15 is 0 Å². The van der Waals surface area contributed by atoms with Gasteiger partial charge in [-0.15, -0.1) is 0 Å². The summed E-state index contributed by atoms with van der Waals surface area (Å²) in [4.78, 5) is 0. The first-order valence-electron chi connectivity index (χ1n) is 8.64. The highest BCUT2D eigenvalue weighted by Crippen LogP contribution is 2.43. The number of rotatable bonds is 7. The van der Waals surface area contributed by atoms with E-state index in [1.165, 1.54) is 17.6 Å². The van der Waals surface area contributed by atoms with Crippen LogP contribution in [-0.2, 0) is 0 Å². The maximum atomic E-state index is 2.42. The van der Waals surface area contributed by atoms with E-state index in [-0.39, 0.29) is 5.41 Å². The SMILES string of the molecule is C/C=C\C=C(/C)C(CC(C)(C)C(C)c1ccccc1)C(C)C. The molecule has 0 radical (unpaired) electrons. The molecule has 0 bridgehead atoms. The average Bonchev–Trinajstić information content (AvgIpc) is 2.50. The van der Waals surface area contributed by atoms with Gasteiger partial charge in [-0.3, -0.25) is 0 Å². The van der Waals surface area contributed by atoms with Crippen LogP contribution in [0.4, 0.5) is 0 Å². The largest absolute Gasteiger partial charge is 0.0877 e. The molecule has 1 aromatic carbocycles. The van der Waals surface area contributed by atoms with Crippen LogP contribution in [-0.4, -0.2) is 0 Å². The van der Waals surface area contributed by atoms with Crippen molar-refractivity contribution >= 4 is 0 Å². The third-order valence-corrected chi connectivity index (χ3v) is 5.16. The molecule has 0 spiro atoms. The van der Waals surface area contributed by atoms with Gasteiger partial charge < -0.3 is 0 Å². The number of allylic oxidation sites excluding steroid dienone is 4. The maximum absolute atomic E-state index is 2.42. The molecule has 0 aliphatic carbocycles. The van der Waals surface area contributed by atoms with Crippen molar-refractivity contribution < 1.29 is 0 Å². The summed E-state index contributed by atoms with van der Waals surface area (Å²) < 4.78 is 0. The fourth-order valence-corrected chi connectivity index (χ4v) is 3.23. The summed E-state index contributed by atoms with van der Waals surface area (Å²) in [5, 5.41) is 0. The normalized spacial score (nSPS) is 16.3. The predicted molar refractivity (Wildman–Crippen MR) is 100 cm³/mol. The van der Waals surface area contributed by atoms with Crippen molar-refractivity contribution in [3.63, 3.8) is 0 Å². The Hall–Kier alpha value is -1.30. The number of hydrogen-bond donors (Lipinski definition) is 0. The molecule has 0 heteroatoms. The zero-order valence-corrected chi connectivity index (χ0v) is 15.6. The lowest BCUT2D eigenvalue weighted by Gasteiger charge is -2.37. The van der Waals surface area contributed by atoms with E-state index in [2.05, 4.69) is 97.0 Å². The highest BCUT2D eigenvalue weighted by molar-refractivity contribution is 5.22. The van der Waals surface area contributed by atoms with E-state index in [4.69, 9.17) is 0 Å². The van der Waals surface area contributed by atoms with Gasteiger partial charge in [-0.25, -0.2) is 0 Å². The van der Waals surface area contributed by atoms with Gasteiger partial charge in [0.15, 0.2) is 0 Å². The second-order valence-corrected chi connectivity index (χ2v) is 7.61. The van der Waals surface area contributed by atoms with Crippen LogP contribution < -0.4 is 0 Å². The Balaban J connectivity index is 2.96. The molecule has 0 aliphatic rings. The Bertz CT molecular complexity index is 488. The summed E-state index contributed by atoms with van der Waals surface area (Å²) >= 11 is 0. The van der Waals surface area contributed by atoms with Gasteiger partial charge in [0.2, 0.25) is 0 Å². The van der Waals surface area contributed by atoms with Crippen LogP contribution in [0.15, 0.2) is 54.1 Å². The molecule has 22 heavy (non-hydrogen) atoms. The van der Waals surface area contributed by atoms with Crippen LogP contribution in [0.5, 0.6) is 0 Å². The van der Waals surface area contributed by atoms with Crippen molar-refractivity contribution in [1.29, 1.82) is 0 Å². The van der Waals surface area contributed by atoms with E-state index < -0.39 is 0 Å². The van der Waals surface area contributed by atoms with Gasteiger partial charge in [-0.1, -0.05) is 88.8 Å². The Morgan fingerprint density at radius 1 is 1.09 bits per heavy atom. The summed E-state index contributed by atoms with van der Waals surface area (Å²) in [6.45, 7) is 16.3. The van der Waals surface area contributed by atoms with Gasteiger partial charge in [-0.2, -0.15) is 0 Å². The minimum atomic E-state index is 0.279. The van der Waals surface area contributed by atoms with Gasteiger partial charge in [0.05, 0.1) is 0 Å². The molecule has 2 atom stereocenters. The molecule has 1 aromatic rings. The Morgan fingerprint density at radius 2 is 1.68 bits per heavy atom. The van der Waals surface area contributed by atoms with Gasteiger partial charge >= 0.3 is 0 Å². The first-order valence-corrected chi connectivity index (χ1v) is 8.64. The Kier molecular flexibility index (Phi) is 7.13. The zero-order chi connectivity index (χ0) is 16.8. The molecule has 0 aliphatic heterocycles. The smallest absolute Gasteiger partial charge is 0.0139 e. The maximum Gasteiger partial charge on any atom is -0.0139 e. The highest BCUT2D eigenvalue weighted by atomic mass is 14.4. The Labute approximate surface area is 138 Å². The minimum Gasteiger partial charge on any atom is -0.0877 e. The van der Waals surface area contributed by atoms with Crippen molar-refractivity contribution in [2.24, 2.45) is 17.3 Å². The third kappa shape index (κ3) is 5.16. The molecule has 0 heterocycles. The van der Waals surface area contributed by atoms with Gasteiger partial charge in [0, 0.05) is 0 Å². The average molecular weight is 299 g/mol. The molecular weight excluding hydrogens is 264 g/mol. The van der Waals surface area contributed by atoms with E-state index in [1.807, 2.05) is 0 Å². The summed E-state index contributed by atoms with van der Waals surface area (Å²) in [5.74, 6) is 1.87. The lowest BCUT2D eigenvalue weighted by molar-refractivity contribution is 0.212. The van der Waals surface area contributed by atoms with Gasteiger partial charge in [0.25, 0.3) is 0 Å². The first kappa shape index (κ1) is 18.7. The van der Waals surface area contributed by atoms with Crippen LogP contribution in [0, 0.1) is 17.3 Å². The zero-order valence-electron chi connectivity index (χ0n) is 15.6. The standard InChI is InChI=1S/C22H34/c1-8-9-13-18(4)21(17(2)3)16-22(6,7)19(5)20-14-11-10-12-15-20/h8-15,17,19,21H,16H2,1-7H3/b9-8-,18-13+. The molecule has 0 saturated heterocycles. The van der Waals surface area contributed by atoms with Gasteiger partial charge in [-0.05, 0) is 49.0 Å². The molecule has 0 amide bonds. The van der Waals surface area contributed by atoms with Crippen molar-refractivity contribution in [1.82, 2.24) is 0 Å². The van der Waals surface area contributed by atoms with Crippen molar-refractivity contribution in [3.05, 3.63) is 59.7 Å². The number of benzene rings is 1. The van der Waals surface area contributed by atoms with E-state index in [1.54, 1.807) is 0 Å². The second kappa shape index (κ2) is 8.36. The predicted octanol–water partition coefficient (Wildman–Crippen LogP) is 7.00. The fourth-order valence-electron chi connectivity index (χ4n) is 3.23. The minimum absolute atomic E-state index is 0.279. The lowest BCUT2D eigenvalue weighted by Crippen LogP contribution is -2.26. The van der Waals surface area contributed by atoms with Crippen LogP contribution in [0.25, 0.3) is 0 Å². The molecular formula is C22H34. The molecule has 122 valence electrons. The molecule has 2 unspecified atom stereocenters.